The summed E-state index contributed by atoms with van der Waals surface area (Å²) < 4.78 is 0. The summed E-state index contributed by atoms with van der Waals surface area (Å²) in [5, 5.41) is 2.88. The molecule has 0 aromatic heterocycles. The number of nitrogens with one attached hydrogen (secondary N) is 1. The molecule has 1 aromatic carbocycles. The van der Waals surface area contributed by atoms with Gasteiger partial charge in [0.2, 0.25) is 11.8 Å². The van der Waals surface area contributed by atoms with Crippen LogP contribution in [0.4, 0.5) is 0 Å². The van der Waals surface area contributed by atoms with Crippen LogP contribution in [0.2, 0.25) is 0 Å². The molecule has 1 aliphatic rings. The third-order valence-corrected chi connectivity index (χ3v) is 3.15. The van der Waals surface area contributed by atoms with Gasteiger partial charge in [-0.15, -0.1) is 0 Å². The van der Waals surface area contributed by atoms with Crippen LogP contribution >= 0.6 is 0 Å². The molecule has 1 aromatic rings. The smallest absolute Gasteiger partial charge is 0.248 e. The molecule has 4 nitrogen and oxygen atoms in total. The summed E-state index contributed by atoms with van der Waals surface area (Å²) in [5.74, 6) is 0.399. The lowest BCUT2D eigenvalue weighted by molar-refractivity contribution is -0.122. The molecule has 2 amide bonds. The van der Waals surface area contributed by atoms with Crippen LogP contribution < -0.4 is 11.1 Å². The van der Waals surface area contributed by atoms with Crippen LogP contribution in [0, 0.1) is 11.8 Å². The fraction of sp³-hybridized carbons (Fsp3) is 0.385. The number of primary amides is 1. The fourth-order valence-electron chi connectivity index (χ4n) is 1.79. The van der Waals surface area contributed by atoms with Gasteiger partial charge in [0.1, 0.15) is 0 Å². The number of hydrogen-bond donors (Lipinski definition) is 2. The van der Waals surface area contributed by atoms with Crippen LogP contribution in [0.5, 0.6) is 0 Å². The van der Waals surface area contributed by atoms with Gasteiger partial charge in [-0.3, -0.25) is 9.59 Å². The molecule has 2 rings (SSSR count). The van der Waals surface area contributed by atoms with Crippen LogP contribution in [0.25, 0.3) is 0 Å². The van der Waals surface area contributed by atoms with Crippen molar-refractivity contribution in [2.75, 3.05) is 0 Å². The largest absolute Gasteiger partial charge is 0.366 e. The number of benzene rings is 1. The van der Waals surface area contributed by atoms with Crippen molar-refractivity contribution in [3.05, 3.63) is 35.4 Å². The molecule has 0 bridgehead atoms. The second kappa shape index (κ2) is 4.57. The van der Waals surface area contributed by atoms with Gasteiger partial charge in [0.25, 0.3) is 0 Å². The standard InChI is InChI=1S/C13H16N2O2/c1-8-6-11(8)13(17)15-7-9-2-4-10(5-3-9)12(14)16/h2-5,8,11H,6-7H2,1H3,(H2,14,16)(H,15,17). The van der Waals surface area contributed by atoms with E-state index in [2.05, 4.69) is 12.2 Å². The SMILES string of the molecule is CC1CC1C(=O)NCc1ccc(C(N)=O)cc1. The number of nitrogens with two attached hydrogens (primary N) is 1. The first-order chi connectivity index (χ1) is 8.08. The summed E-state index contributed by atoms with van der Waals surface area (Å²) in [4.78, 5) is 22.4. The minimum Gasteiger partial charge on any atom is -0.366 e. The number of amides is 2. The van der Waals surface area contributed by atoms with Gasteiger partial charge in [-0.25, -0.2) is 0 Å². The quantitative estimate of drug-likeness (QED) is 0.814. The molecule has 4 heteroatoms. The van der Waals surface area contributed by atoms with Crippen molar-refractivity contribution in [3.63, 3.8) is 0 Å². The Morgan fingerprint density at radius 3 is 2.41 bits per heavy atom. The van der Waals surface area contributed by atoms with Crippen LogP contribution in [0.3, 0.4) is 0 Å². The number of carbonyl (C=O) groups excluding carboxylic acids is 2. The average Bonchev–Trinajstić information content (AvgIpc) is 3.04. The maximum absolute atomic E-state index is 11.6. The lowest BCUT2D eigenvalue weighted by Gasteiger charge is -2.05. The molecule has 0 aliphatic heterocycles. The molecule has 1 saturated carbocycles. The number of rotatable bonds is 4. The molecule has 0 saturated heterocycles. The van der Waals surface area contributed by atoms with Gasteiger partial charge in [0, 0.05) is 18.0 Å². The van der Waals surface area contributed by atoms with E-state index in [1.54, 1.807) is 24.3 Å². The molecule has 2 unspecified atom stereocenters. The molecule has 17 heavy (non-hydrogen) atoms. The first-order valence-corrected chi connectivity index (χ1v) is 5.74. The zero-order chi connectivity index (χ0) is 12.4. The van der Waals surface area contributed by atoms with Crippen LogP contribution in [0.1, 0.15) is 29.3 Å². The Bertz CT molecular complexity index is 439. The average molecular weight is 232 g/mol. The van der Waals surface area contributed by atoms with E-state index in [1.807, 2.05) is 0 Å². The van der Waals surface area contributed by atoms with Gasteiger partial charge < -0.3 is 11.1 Å². The molecular weight excluding hydrogens is 216 g/mol. The van der Waals surface area contributed by atoms with Crippen LogP contribution in [-0.2, 0) is 11.3 Å². The van der Waals surface area contributed by atoms with Gasteiger partial charge >= 0.3 is 0 Å². The van der Waals surface area contributed by atoms with E-state index in [4.69, 9.17) is 5.73 Å². The topological polar surface area (TPSA) is 72.2 Å². The summed E-state index contributed by atoms with van der Waals surface area (Å²) in [6.45, 7) is 2.58. The van der Waals surface area contributed by atoms with E-state index in [1.165, 1.54) is 0 Å². The normalized spacial score (nSPS) is 21.9. The van der Waals surface area contributed by atoms with Crippen molar-refractivity contribution < 1.29 is 9.59 Å². The zero-order valence-electron chi connectivity index (χ0n) is 9.77. The van der Waals surface area contributed by atoms with Crippen molar-refractivity contribution in [3.8, 4) is 0 Å². The minimum atomic E-state index is -0.438. The summed E-state index contributed by atoms with van der Waals surface area (Å²) >= 11 is 0. The summed E-state index contributed by atoms with van der Waals surface area (Å²) in [5.41, 5.74) is 6.59. The maximum Gasteiger partial charge on any atom is 0.248 e. The van der Waals surface area contributed by atoms with Crippen LogP contribution in [-0.4, -0.2) is 11.8 Å². The minimum absolute atomic E-state index is 0.122. The van der Waals surface area contributed by atoms with Gasteiger partial charge in [0.15, 0.2) is 0 Å². The summed E-state index contributed by atoms with van der Waals surface area (Å²) in [6, 6.07) is 6.94. The molecule has 0 heterocycles. The molecule has 3 N–H and O–H groups in total. The van der Waals surface area contributed by atoms with Gasteiger partial charge in [-0.1, -0.05) is 19.1 Å². The Hall–Kier alpha value is -1.84. The Morgan fingerprint density at radius 2 is 1.94 bits per heavy atom. The van der Waals surface area contributed by atoms with E-state index in [0.717, 1.165) is 12.0 Å². The Labute approximate surface area is 100 Å². The molecule has 2 atom stereocenters. The molecule has 1 aliphatic carbocycles. The van der Waals surface area contributed by atoms with E-state index < -0.39 is 5.91 Å². The van der Waals surface area contributed by atoms with Crippen molar-refractivity contribution >= 4 is 11.8 Å². The van der Waals surface area contributed by atoms with Crippen molar-refractivity contribution in [2.24, 2.45) is 17.6 Å². The summed E-state index contributed by atoms with van der Waals surface area (Å²) in [6.07, 6.45) is 0.993. The number of carbonyl (C=O) groups is 2. The van der Waals surface area contributed by atoms with Crippen LogP contribution in [0.15, 0.2) is 24.3 Å². The Kier molecular flexibility index (Phi) is 3.13. The first-order valence-electron chi connectivity index (χ1n) is 5.74. The molecule has 1 fully saturated rings. The number of hydrogen-bond acceptors (Lipinski definition) is 2. The fourth-order valence-corrected chi connectivity index (χ4v) is 1.79. The van der Waals surface area contributed by atoms with E-state index in [-0.39, 0.29) is 11.8 Å². The van der Waals surface area contributed by atoms with Crippen molar-refractivity contribution in [2.45, 2.75) is 19.9 Å². The first kappa shape index (κ1) is 11.6. The van der Waals surface area contributed by atoms with Crippen molar-refractivity contribution in [1.82, 2.24) is 5.32 Å². The highest BCUT2D eigenvalue weighted by Gasteiger charge is 2.38. The van der Waals surface area contributed by atoms with E-state index in [0.29, 0.717) is 18.0 Å². The monoisotopic (exact) mass is 232 g/mol. The lowest BCUT2D eigenvalue weighted by atomic mass is 10.1. The highest BCUT2D eigenvalue weighted by atomic mass is 16.2. The van der Waals surface area contributed by atoms with Gasteiger partial charge in [-0.2, -0.15) is 0 Å². The second-order valence-electron chi connectivity index (χ2n) is 4.60. The van der Waals surface area contributed by atoms with Gasteiger partial charge in [0.05, 0.1) is 0 Å². The highest BCUT2D eigenvalue weighted by molar-refractivity contribution is 5.92. The zero-order valence-corrected chi connectivity index (χ0v) is 9.77. The maximum atomic E-state index is 11.6. The van der Waals surface area contributed by atoms with Gasteiger partial charge in [-0.05, 0) is 30.0 Å². The molecule has 0 spiro atoms. The Balaban J connectivity index is 1.86. The Morgan fingerprint density at radius 1 is 1.35 bits per heavy atom. The lowest BCUT2D eigenvalue weighted by Crippen LogP contribution is -2.24. The molecule has 90 valence electrons. The van der Waals surface area contributed by atoms with E-state index in [9.17, 15) is 9.59 Å². The third kappa shape index (κ3) is 2.84. The predicted molar refractivity (Wildman–Crippen MR) is 64.1 cm³/mol. The second-order valence-corrected chi connectivity index (χ2v) is 4.60. The predicted octanol–water partition coefficient (Wildman–Crippen LogP) is 1.06. The van der Waals surface area contributed by atoms with Crippen molar-refractivity contribution in [1.29, 1.82) is 0 Å². The molecular formula is C13H16N2O2. The van der Waals surface area contributed by atoms with E-state index >= 15 is 0 Å². The molecule has 0 radical (unpaired) electrons. The highest BCUT2D eigenvalue weighted by Crippen LogP contribution is 2.37. The third-order valence-electron chi connectivity index (χ3n) is 3.15. The summed E-state index contributed by atoms with van der Waals surface area (Å²) in [7, 11) is 0.